The smallest absolute Gasteiger partial charge is 0.328 e. The van der Waals surface area contributed by atoms with Crippen molar-refractivity contribution in [3.8, 4) is 0 Å². The molecule has 90 valence electrons. The Morgan fingerprint density at radius 2 is 2.00 bits per heavy atom. The molecule has 2 N–H and O–H groups in total. The van der Waals surface area contributed by atoms with E-state index in [2.05, 4.69) is 6.58 Å². The predicted octanol–water partition coefficient (Wildman–Crippen LogP) is 2.40. The summed E-state index contributed by atoms with van der Waals surface area (Å²) in [6, 6.07) is 0. The molecule has 0 amide bonds. The number of hydrogen-bond donors (Lipinski definition) is 2. The van der Waals surface area contributed by atoms with Crippen molar-refractivity contribution in [2.24, 2.45) is 0 Å². The predicted molar refractivity (Wildman–Crippen MR) is 60.4 cm³/mol. The van der Waals surface area contributed by atoms with E-state index < -0.39 is 20.9 Å². The maximum Gasteiger partial charge on any atom is 0.335 e. The molecule has 0 aromatic rings. The van der Waals surface area contributed by atoms with E-state index in [1.807, 2.05) is 0 Å². The van der Waals surface area contributed by atoms with Crippen LogP contribution in [-0.4, -0.2) is 28.5 Å². The van der Waals surface area contributed by atoms with Crippen LogP contribution in [-0.2, 0) is 13.7 Å². The number of allylic oxidation sites excluding steroid dienone is 1. The molecule has 0 bridgehead atoms. The molecule has 15 heavy (non-hydrogen) atoms. The average molecular weight is 256 g/mol. The fourth-order valence-electron chi connectivity index (χ4n) is 1.17. The van der Waals surface area contributed by atoms with Gasteiger partial charge in [0.15, 0.2) is 0 Å². The van der Waals surface area contributed by atoms with Crippen LogP contribution in [0.25, 0.3) is 0 Å². The van der Waals surface area contributed by atoms with E-state index >= 15 is 0 Å². The Bertz CT molecular complexity index is 283. The van der Waals surface area contributed by atoms with Crippen molar-refractivity contribution >= 4 is 15.0 Å². The topological polar surface area (TPSA) is 83.8 Å². The number of rotatable bonds is 8. The van der Waals surface area contributed by atoms with Gasteiger partial charge in [-0.05, 0) is 19.8 Å². The lowest BCUT2D eigenvalue weighted by molar-refractivity contribution is 0.329. The molecule has 0 aromatic carbocycles. The second kappa shape index (κ2) is 6.62. The molecule has 0 spiro atoms. The van der Waals surface area contributed by atoms with Crippen molar-refractivity contribution < 1.29 is 23.4 Å². The average Bonchev–Trinajstić information content (AvgIpc) is 2.01. The molecule has 0 aliphatic rings. The maximum absolute atomic E-state index is 12.0. The summed E-state index contributed by atoms with van der Waals surface area (Å²) in [6.45, 7) is 5.37. The largest absolute Gasteiger partial charge is 0.335 e. The third kappa shape index (κ3) is 7.95. The fourth-order valence-corrected chi connectivity index (χ4v) is 5.57. The first kappa shape index (κ1) is 15.1. The maximum atomic E-state index is 12.0. The zero-order valence-electron chi connectivity index (χ0n) is 8.83. The van der Waals surface area contributed by atoms with Crippen LogP contribution in [0.15, 0.2) is 12.7 Å². The van der Waals surface area contributed by atoms with Crippen LogP contribution in [0.4, 0.5) is 0 Å². The molecular weight excluding hydrogens is 238 g/mol. The van der Waals surface area contributed by atoms with Gasteiger partial charge in [0.05, 0.1) is 6.61 Å². The van der Waals surface area contributed by atoms with E-state index in [9.17, 15) is 9.13 Å². The summed E-state index contributed by atoms with van der Waals surface area (Å²) < 4.78 is 27.7. The van der Waals surface area contributed by atoms with Gasteiger partial charge in [0.25, 0.3) is 0 Å². The van der Waals surface area contributed by atoms with E-state index in [1.54, 1.807) is 13.0 Å². The van der Waals surface area contributed by atoms with Crippen LogP contribution in [0.3, 0.4) is 0 Å². The SMILES string of the molecule is C=CCCCP(=O)(CP(=O)(O)O)OCC. The van der Waals surface area contributed by atoms with Gasteiger partial charge in [0.2, 0.25) is 7.37 Å². The van der Waals surface area contributed by atoms with Crippen LogP contribution in [0, 0.1) is 0 Å². The lowest BCUT2D eigenvalue weighted by Crippen LogP contribution is -2.01. The highest BCUT2D eigenvalue weighted by atomic mass is 31.2. The third-order valence-corrected chi connectivity index (χ3v) is 6.60. The van der Waals surface area contributed by atoms with Crippen molar-refractivity contribution in [2.45, 2.75) is 19.8 Å². The van der Waals surface area contributed by atoms with E-state index in [-0.39, 0.29) is 12.8 Å². The molecule has 0 saturated heterocycles. The van der Waals surface area contributed by atoms with Gasteiger partial charge in [-0.25, -0.2) is 0 Å². The first-order valence-corrected chi connectivity index (χ1v) is 8.50. The molecule has 0 fully saturated rings. The molecular formula is C8H18O5P2. The second-order valence-electron chi connectivity index (χ2n) is 3.19. The highest BCUT2D eigenvalue weighted by Gasteiger charge is 2.31. The normalized spacial score (nSPS) is 15.9. The molecule has 0 saturated carbocycles. The summed E-state index contributed by atoms with van der Waals surface area (Å²) in [5.41, 5.74) is 0. The standard InChI is InChI=1S/C8H18O5P2/c1-3-5-6-7-14(9,13-4-2)8-15(10,11)12/h3H,1,4-8H2,2H3,(H2,10,11,12). The van der Waals surface area contributed by atoms with E-state index in [0.717, 1.165) is 0 Å². The minimum Gasteiger partial charge on any atom is -0.328 e. The monoisotopic (exact) mass is 256 g/mol. The first-order chi connectivity index (χ1) is 6.83. The lowest BCUT2D eigenvalue weighted by atomic mass is 10.3. The van der Waals surface area contributed by atoms with Crippen LogP contribution < -0.4 is 0 Å². The fraction of sp³-hybridized carbons (Fsp3) is 0.750. The van der Waals surface area contributed by atoms with Crippen molar-refractivity contribution in [1.29, 1.82) is 0 Å². The number of hydrogen-bond acceptors (Lipinski definition) is 3. The van der Waals surface area contributed by atoms with E-state index in [0.29, 0.717) is 12.8 Å². The summed E-state index contributed by atoms with van der Waals surface area (Å²) in [4.78, 5) is 17.6. The van der Waals surface area contributed by atoms with Gasteiger partial charge in [-0.3, -0.25) is 9.13 Å². The van der Waals surface area contributed by atoms with Crippen molar-refractivity contribution in [3.05, 3.63) is 12.7 Å². The van der Waals surface area contributed by atoms with Crippen LogP contribution in [0.2, 0.25) is 0 Å². The molecule has 0 radical (unpaired) electrons. The first-order valence-electron chi connectivity index (χ1n) is 4.71. The van der Waals surface area contributed by atoms with Gasteiger partial charge in [-0.15, -0.1) is 6.58 Å². The Morgan fingerprint density at radius 3 is 2.40 bits per heavy atom. The van der Waals surface area contributed by atoms with Crippen LogP contribution in [0.5, 0.6) is 0 Å². The minimum absolute atomic E-state index is 0.192. The van der Waals surface area contributed by atoms with Gasteiger partial charge < -0.3 is 14.3 Å². The molecule has 0 aliphatic heterocycles. The summed E-state index contributed by atoms with van der Waals surface area (Å²) >= 11 is 0. The van der Waals surface area contributed by atoms with Gasteiger partial charge in [-0.2, -0.15) is 0 Å². The molecule has 5 nitrogen and oxygen atoms in total. The van der Waals surface area contributed by atoms with Crippen molar-refractivity contribution in [3.63, 3.8) is 0 Å². The molecule has 1 atom stereocenters. The Kier molecular flexibility index (Phi) is 6.65. The second-order valence-corrected chi connectivity index (χ2v) is 7.99. The van der Waals surface area contributed by atoms with Gasteiger partial charge >= 0.3 is 7.60 Å². The molecule has 1 unspecified atom stereocenters. The Morgan fingerprint density at radius 1 is 1.40 bits per heavy atom. The highest BCUT2D eigenvalue weighted by Crippen LogP contribution is 2.58. The Balaban J connectivity index is 4.38. The minimum atomic E-state index is -4.28. The van der Waals surface area contributed by atoms with Crippen molar-refractivity contribution in [2.75, 3.05) is 18.7 Å². The summed E-state index contributed by atoms with van der Waals surface area (Å²) in [6.07, 6.45) is 3.10. The van der Waals surface area contributed by atoms with Crippen molar-refractivity contribution in [1.82, 2.24) is 0 Å². The molecule has 0 heterocycles. The molecule has 0 aromatic heterocycles. The van der Waals surface area contributed by atoms with Gasteiger partial charge in [0, 0.05) is 6.16 Å². The number of unbranched alkanes of at least 4 members (excludes halogenated alkanes) is 1. The molecule has 0 aliphatic carbocycles. The molecule has 0 rings (SSSR count). The summed E-state index contributed by atoms with van der Waals surface area (Å²) in [7, 11) is -7.46. The Hall–Kier alpha value is 0.0800. The van der Waals surface area contributed by atoms with Gasteiger partial charge in [0.1, 0.15) is 5.90 Å². The van der Waals surface area contributed by atoms with Gasteiger partial charge in [-0.1, -0.05) is 6.08 Å². The summed E-state index contributed by atoms with van der Waals surface area (Å²) in [5, 5.41) is 0. The van der Waals surface area contributed by atoms with E-state index in [4.69, 9.17) is 14.3 Å². The lowest BCUT2D eigenvalue weighted by Gasteiger charge is -2.17. The molecule has 7 heteroatoms. The van der Waals surface area contributed by atoms with E-state index in [1.165, 1.54) is 0 Å². The summed E-state index contributed by atoms with van der Waals surface area (Å²) in [5.74, 6) is -0.662. The third-order valence-electron chi connectivity index (χ3n) is 1.67. The van der Waals surface area contributed by atoms with Crippen LogP contribution >= 0.6 is 15.0 Å². The zero-order valence-corrected chi connectivity index (χ0v) is 10.6. The zero-order chi connectivity index (χ0) is 11.9. The van der Waals surface area contributed by atoms with Crippen LogP contribution in [0.1, 0.15) is 19.8 Å². The Labute approximate surface area is 90.1 Å². The quantitative estimate of drug-likeness (QED) is 0.395. The highest BCUT2D eigenvalue weighted by molar-refractivity contribution is 7.73.